The van der Waals surface area contributed by atoms with Gasteiger partial charge in [-0.2, -0.15) is 0 Å². The number of carbonyl (C=O) groups excluding carboxylic acids is 1. The van der Waals surface area contributed by atoms with Gasteiger partial charge in [0.15, 0.2) is 0 Å². The zero-order chi connectivity index (χ0) is 16.2. The van der Waals surface area contributed by atoms with E-state index in [-0.39, 0.29) is 17.9 Å². The Hall–Kier alpha value is -1.98. The number of likely N-dealkylation sites (tertiary alicyclic amines) is 1. The van der Waals surface area contributed by atoms with Crippen molar-refractivity contribution in [3.05, 3.63) is 35.4 Å². The number of benzene rings is 1. The molecular weight excluding hydrogens is 300 g/mol. The molecular formula is C17H19F2N3O. The first-order chi connectivity index (χ1) is 11.0. The summed E-state index contributed by atoms with van der Waals surface area (Å²) in [5.74, 6) is -1.11. The van der Waals surface area contributed by atoms with E-state index in [4.69, 9.17) is 5.41 Å². The molecule has 1 aromatic carbocycles. The standard InChI is InChI=1S/C17H19F2N3O/c18-11-5-10(6-12(19)7-11)14-1-2-15(20)22(14)16(23)21-13-8-17(9-13)3-4-17/h5-7,13-14,20H,1-4,8-9H2,(H,21,23). The van der Waals surface area contributed by atoms with E-state index in [0.717, 1.165) is 18.9 Å². The van der Waals surface area contributed by atoms with Gasteiger partial charge in [0.25, 0.3) is 0 Å². The van der Waals surface area contributed by atoms with Gasteiger partial charge < -0.3 is 5.32 Å². The molecule has 1 atom stereocenters. The second kappa shape index (κ2) is 5.01. The normalized spacial score (nSPS) is 25.6. The summed E-state index contributed by atoms with van der Waals surface area (Å²) < 4.78 is 26.9. The number of rotatable bonds is 2. The van der Waals surface area contributed by atoms with Gasteiger partial charge >= 0.3 is 6.03 Å². The zero-order valence-electron chi connectivity index (χ0n) is 12.7. The largest absolute Gasteiger partial charge is 0.335 e. The van der Waals surface area contributed by atoms with Gasteiger partial charge in [-0.05, 0) is 55.2 Å². The van der Waals surface area contributed by atoms with E-state index in [1.807, 2.05) is 0 Å². The highest BCUT2D eigenvalue weighted by Crippen LogP contribution is 2.60. The monoisotopic (exact) mass is 319 g/mol. The number of hydrogen-bond acceptors (Lipinski definition) is 2. The first kappa shape index (κ1) is 14.6. The number of nitrogens with zero attached hydrogens (tertiary/aromatic N) is 1. The van der Waals surface area contributed by atoms with Crippen molar-refractivity contribution >= 4 is 11.9 Å². The smallest absolute Gasteiger partial charge is 0.323 e. The number of nitrogens with one attached hydrogen (secondary N) is 2. The minimum atomic E-state index is -0.659. The van der Waals surface area contributed by atoms with E-state index >= 15 is 0 Å². The van der Waals surface area contributed by atoms with Crippen LogP contribution in [0.2, 0.25) is 0 Å². The van der Waals surface area contributed by atoms with Crippen LogP contribution in [0.3, 0.4) is 0 Å². The molecule has 4 rings (SSSR count). The van der Waals surface area contributed by atoms with Gasteiger partial charge in [0.1, 0.15) is 17.5 Å². The summed E-state index contributed by atoms with van der Waals surface area (Å²) in [7, 11) is 0. The van der Waals surface area contributed by atoms with Gasteiger partial charge in [0, 0.05) is 18.5 Å². The minimum Gasteiger partial charge on any atom is -0.335 e. The van der Waals surface area contributed by atoms with E-state index in [1.165, 1.54) is 29.9 Å². The Bertz CT molecular complexity index is 658. The number of amidine groups is 1. The molecule has 2 N–H and O–H groups in total. The maximum atomic E-state index is 13.5. The average molecular weight is 319 g/mol. The first-order valence-corrected chi connectivity index (χ1v) is 8.09. The summed E-state index contributed by atoms with van der Waals surface area (Å²) in [4.78, 5) is 13.9. The molecule has 4 nitrogen and oxygen atoms in total. The Morgan fingerprint density at radius 2 is 1.87 bits per heavy atom. The molecule has 0 radical (unpaired) electrons. The van der Waals surface area contributed by atoms with Gasteiger partial charge in [0.05, 0.1) is 6.04 Å². The van der Waals surface area contributed by atoms with Crippen molar-refractivity contribution in [3.63, 3.8) is 0 Å². The molecule has 2 aliphatic carbocycles. The summed E-state index contributed by atoms with van der Waals surface area (Å²) in [6.45, 7) is 0. The Kier molecular flexibility index (Phi) is 3.18. The molecule has 3 aliphatic rings. The Morgan fingerprint density at radius 3 is 2.48 bits per heavy atom. The number of halogens is 2. The molecule has 1 heterocycles. The zero-order valence-corrected chi connectivity index (χ0v) is 12.7. The van der Waals surface area contributed by atoms with E-state index in [9.17, 15) is 13.6 Å². The lowest BCUT2D eigenvalue weighted by atomic mass is 9.77. The molecule has 0 aromatic heterocycles. The fourth-order valence-electron chi connectivity index (χ4n) is 3.98. The van der Waals surface area contributed by atoms with E-state index < -0.39 is 17.7 Å². The molecule has 23 heavy (non-hydrogen) atoms. The van der Waals surface area contributed by atoms with Gasteiger partial charge in [-0.1, -0.05) is 0 Å². The van der Waals surface area contributed by atoms with Crippen LogP contribution in [0.25, 0.3) is 0 Å². The maximum absolute atomic E-state index is 13.5. The lowest BCUT2D eigenvalue weighted by molar-refractivity contribution is 0.172. The number of urea groups is 1. The molecule has 1 saturated heterocycles. The van der Waals surface area contributed by atoms with Crippen molar-refractivity contribution < 1.29 is 13.6 Å². The van der Waals surface area contributed by atoms with Crippen molar-refractivity contribution in [1.82, 2.24) is 10.2 Å². The number of amides is 2. The molecule has 1 spiro atoms. The third kappa shape index (κ3) is 2.60. The fraction of sp³-hybridized carbons (Fsp3) is 0.529. The lowest BCUT2D eigenvalue weighted by Crippen LogP contribution is -2.51. The van der Waals surface area contributed by atoms with Crippen LogP contribution in [0.1, 0.15) is 50.1 Å². The van der Waals surface area contributed by atoms with Crippen LogP contribution in [-0.4, -0.2) is 22.8 Å². The number of hydrogen-bond donors (Lipinski definition) is 2. The van der Waals surface area contributed by atoms with Crippen molar-refractivity contribution in [2.45, 2.75) is 50.6 Å². The predicted molar refractivity (Wildman–Crippen MR) is 81.1 cm³/mol. The van der Waals surface area contributed by atoms with E-state index in [1.54, 1.807) is 0 Å². The SMILES string of the molecule is N=C1CCC(c2cc(F)cc(F)c2)N1C(=O)NC1CC2(CC2)C1. The van der Waals surface area contributed by atoms with Crippen LogP contribution in [-0.2, 0) is 0 Å². The van der Waals surface area contributed by atoms with Crippen LogP contribution < -0.4 is 5.32 Å². The molecule has 3 fully saturated rings. The van der Waals surface area contributed by atoms with Gasteiger partial charge in [-0.3, -0.25) is 10.3 Å². The first-order valence-electron chi connectivity index (χ1n) is 8.09. The third-order valence-electron chi connectivity index (χ3n) is 5.39. The van der Waals surface area contributed by atoms with Gasteiger partial charge in [-0.25, -0.2) is 13.6 Å². The van der Waals surface area contributed by atoms with Crippen LogP contribution in [0.4, 0.5) is 13.6 Å². The summed E-state index contributed by atoms with van der Waals surface area (Å²) in [5, 5.41) is 11.0. The topological polar surface area (TPSA) is 56.2 Å². The molecule has 122 valence electrons. The van der Waals surface area contributed by atoms with Crippen LogP contribution in [0, 0.1) is 22.5 Å². The second-order valence-electron chi connectivity index (χ2n) is 7.13. The van der Waals surface area contributed by atoms with Crippen LogP contribution >= 0.6 is 0 Å². The summed E-state index contributed by atoms with van der Waals surface area (Å²) >= 11 is 0. The molecule has 2 amide bonds. The van der Waals surface area contributed by atoms with Crippen molar-refractivity contribution in [2.24, 2.45) is 5.41 Å². The quantitative estimate of drug-likeness (QED) is 0.857. The molecule has 2 saturated carbocycles. The maximum Gasteiger partial charge on any atom is 0.323 e. The van der Waals surface area contributed by atoms with Crippen LogP contribution in [0.15, 0.2) is 18.2 Å². The second-order valence-corrected chi connectivity index (χ2v) is 7.13. The highest BCUT2D eigenvalue weighted by Gasteiger charge is 2.53. The molecule has 0 bridgehead atoms. The summed E-state index contributed by atoms with van der Waals surface area (Å²) in [6.07, 6.45) is 5.49. The van der Waals surface area contributed by atoms with E-state index in [2.05, 4.69) is 5.32 Å². The summed E-state index contributed by atoms with van der Waals surface area (Å²) in [5.41, 5.74) is 0.897. The molecule has 1 aliphatic heterocycles. The van der Waals surface area contributed by atoms with Gasteiger partial charge in [-0.15, -0.1) is 0 Å². The minimum absolute atomic E-state index is 0.170. The van der Waals surface area contributed by atoms with E-state index in [0.29, 0.717) is 23.8 Å². The van der Waals surface area contributed by atoms with Gasteiger partial charge in [0.2, 0.25) is 0 Å². The molecule has 6 heteroatoms. The van der Waals surface area contributed by atoms with Crippen molar-refractivity contribution in [1.29, 1.82) is 5.41 Å². The Labute approximate surface area is 133 Å². The van der Waals surface area contributed by atoms with Crippen molar-refractivity contribution in [3.8, 4) is 0 Å². The lowest BCUT2D eigenvalue weighted by Gasteiger charge is -2.38. The average Bonchev–Trinajstić information content (AvgIpc) is 3.13. The molecule has 1 unspecified atom stereocenters. The summed E-state index contributed by atoms with van der Waals surface area (Å²) in [6, 6.07) is 2.69. The highest BCUT2D eigenvalue weighted by molar-refractivity contribution is 5.98. The fourth-order valence-corrected chi connectivity index (χ4v) is 3.98. The predicted octanol–water partition coefficient (Wildman–Crippen LogP) is 3.73. The van der Waals surface area contributed by atoms with Crippen LogP contribution in [0.5, 0.6) is 0 Å². The third-order valence-corrected chi connectivity index (χ3v) is 5.39. The number of carbonyl (C=O) groups is 1. The highest BCUT2D eigenvalue weighted by atomic mass is 19.1. The molecule has 1 aromatic rings. The Morgan fingerprint density at radius 1 is 1.22 bits per heavy atom. The van der Waals surface area contributed by atoms with Crippen molar-refractivity contribution in [2.75, 3.05) is 0 Å². The Balaban J connectivity index is 1.50.